The maximum atomic E-state index is 12.8. The van der Waals surface area contributed by atoms with Crippen LogP contribution in [0.5, 0.6) is 10.9 Å². The summed E-state index contributed by atoms with van der Waals surface area (Å²) in [7, 11) is 0. The third-order valence-corrected chi connectivity index (χ3v) is 2.62. The van der Waals surface area contributed by atoms with Gasteiger partial charge in [-0.15, -0.1) is 5.10 Å². The Kier molecular flexibility index (Phi) is 2.74. The third-order valence-electron chi connectivity index (χ3n) is 1.38. The highest BCUT2D eigenvalue weighted by atomic mass is 79.9. The first-order valence-corrected chi connectivity index (χ1v) is 5.27. The molecule has 0 aliphatic heterocycles. The van der Waals surface area contributed by atoms with E-state index in [1.807, 2.05) is 0 Å². The van der Waals surface area contributed by atoms with Crippen molar-refractivity contribution in [2.75, 3.05) is 0 Å². The molecular formula is C8H4BrFN2OS. The number of aromatic nitrogens is 2. The monoisotopic (exact) mass is 274 g/mol. The summed E-state index contributed by atoms with van der Waals surface area (Å²) in [6, 6.07) is 5.86. The quantitative estimate of drug-likeness (QED) is 0.844. The van der Waals surface area contributed by atoms with Crippen LogP contribution >= 0.6 is 27.3 Å². The van der Waals surface area contributed by atoms with E-state index in [4.69, 9.17) is 4.74 Å². The lowest BCUT2D eigenvalue weighted by Crippen LogP contribution is -1.83. The largest absolute Gasteiger partial charge is 0.430 e. The zero-order valence-electron chi connectivity index (χ0n) is 6.78. The fourth-order valence-electron chi connectivity index (χ4n) is 0.866. The average Bonchev–Trinajstić information content (AvgIpc) is 2.51. The summed E-state index contributed by atoms with van der Waals surface area (Å²) in [5.74, 6) is 0.0692. The Labute approximate surface area is 91.7 Å². The van der Waals surface area contributed by atoms with Crippen molar-refractivity contribution < 1.29 is 9.13 Å². The Hall–Kier alpha value is -1.01. The summed E-state index contributed by atoms with van der Waals surface area (Å²) in [6.45, 7) is 0. The van der Waals surface area contributed by atoms with Gasteiger partial charge in [0.05, 0.1) is 0 Å². The molecular weight excluding hydrogens is 271 g/mol. The molecule has 0 aliphatic rings. The van der Waals surface area contributed by atoms with Crippen LogP contribution in [0.2, 0.25) is 0 Å². The van der Waals surface area contributed by atoms with Gasteiger partial charge in [-0.1, -0.05) is 11.2 Å². The van der Waals surface area contributed by atoms with Crippen molar-refractivity contribution in [1.82, 2.24) is 10.2 Å². The third kappa shape index (κ3) is 2.27. The van der Waals surface area contributed by atoms with Crippen LogP contribution < -0.4 is 4.74 Å². The lowest BCUT2D eigenvalue weighted by molar-refractivity contribution is 0.468. The van der Waals surface area contributed by atoms with E-state index in [2.05, 4.69) is 26.1 Å². The highest BCUT2D eigenvalue weighted by Gasteiger charge is 2.04. The molecule has 3 nitrogen and oxygen atoms in total. The van der Waals surface area contributed by atoms with E-state index < -0.39 is 0 Å². The first kappa shape index (κ1) is 9.54. The molecule has 0 aliphatic carbocycles. The van der Waals surface area contributed by atoms with Gasteiger partial charge in [0.2, 0.25) is 0 Å². The van der Waals surface area contributed by atoms with Crippen molar-refractivity contribution in [1.29, 1.82) is 0 Å². The second-order valence-electron chi connectivity index (χ2n) is 2.38. The predicted octanol–water partition coefficient (Wildman–Crippen LogP) is 3.23. The van der Waals surface area contributed by atoms with Gasteiger partial charge in [0.15, 0.2) is 3.92 Å². The molecule has 0 amide bonds. The van der Waals surface area contributed by atoms with Crippen LogP contribution in [0.15, 0.2) is 28.2 Å². The van der Waals surface area contributed by atoms with E-state index in [1.54, 1.807) is 12.1 Å². The number of halogens is 2. The predicted molar refractivity (Wildman–Crippen MR) is 54.1 cm³/mol. The highest BCUT2D eigenvalue weighted by Crippen LogP contribution is 2.27. The number of benzene rings is 1. The first-order chi connectivity index (χ1) is 6.74. The fourth-order valence-corrected chi connectivity index (χ4v) is 1.81. The molecule has 1 aromatic heterocycles. The summed E-state index contributed by atoms with van der Waals surface area (Å²) in [6.07, 6.45) is 0. The van der Waals surface area contributed by atoms with Crippen LogP contribution in [0.3, 0.4) is 0 Å². The van der Waals surface area contributed by atoms with Gasteiger partial charge in [-0.25, -0.2) is 4.39 Å². The minimum atomic E-state index is -0.342. The molecule has 0 spiro atoms. The first-order valence-electron chi connectivity index (χ1n) is 3.66. The van der Waals surface area contributed by atoms with Gasteiger partial charge in [0.1, 0.15) is 11.6 Å². The van der Waals surface area contributed by atoms with E-state index in [0.717, 1.165) is 0 Å². The topological polar surface area (TPSA) is 35.0 Å². The fraction of sp³-hybridized carbons (Fsp3) is 0. The van der Waals surface area contributed by atoms with Crippen molar-refractivity contribution in [3.63, 3.8) is 0 Å². The van der Waals surface area contributed by atoms with Gasteiger partial charge in [-0.2, -0.15) is 0 Å². The molecule has 0 bridgehead atoms. The van der Waals surface area contributed by atoms with Crippen LogP contribution in [-0.4, -0.2) is 10.2 Å². The lowest BCUT2D eigenvalue weighted by atomic mass is 10.3. The molecule has 2 rings (SSSR count). The summed E-state index contributed by atoms with van der Waals surface area (Å²) >= 11 is 4.39. The van der Waals surface area contributed by atoms with Crippen molar-refractivity contribution in [3.8, 4) is 10.9 Å². The van der Waals surface area contributed by atoms with Gasteiger partial charge in [-0.05, 0) is 39.4 Å². The molecule has 0 fully saturated rings. The molecule has 0 radical (unpaired) electrons. The number of hydrogen-bond donors (Lipinski definition) is 0. The molecule has 72 valence electrons. The normalized spacial score (nSPS) is 10.1. The second kappa shape index (κ2) is 4.02. The smallest absolute Gasteiger partial charge is 0.300 e. The molecule has 1 aromatic carbocycles. The lowest BCUT2D eigenvalue weighted by Gasteiger charge is -1.99. The maximum Gasteiger partial charge on any atom is 0.300 e. The zero-order chi connectivity index (χ0) is 9.97. The van der Waals surface area contributed by atoms with Crippen molar-refractivity contribution in [3.05, 3.63) is 34.0 Å². The van der Waals surface area contributed by atoms with Crippen molar-refractivity contribution >= 4 is 27.3 Å². The Balaban J connectivity index is 2.18. The molecule has 0 N–H and O–H groups in total. The van der Waals surface area contributed by atoms with Gasteiger partial charge < -0.3 is 4.74 Å². The average molecular weight is 275 g/mol. The van der Waals surface area contributed by atoms with Gasteiger partial charge >= 0.3 is 0 Å². The van der Waals surface area contributed by atoms with Crippen LogP contribution in [0.4, 0.5) is 4.39 Å². The maximum absolute atomic E-state index is 12.8. The number of ether oxygens (including phenoxy) is 1. The molecule has 0 saturated carbocycles. The molecule has 0 saturated heterocycles. The summed E-state index contributed by atoms with van der Waals surface area (Å²) < 4.78 is 18.6. The van der Waals surface area contributed by atoms with Gasteiger partial charge in [0, 0.05) is 6.07 Å². The standard InChI is InChI=1S/C8H4BrFN2OS/c9-7-11-12-8(14-7)13-6-3-1-2-5(10)4-6/h1-4H. The van der Waals surface area contributed by atoms with E-state index in [1.165, 1.54) is 23.5 Å². The summed E-state index contributed by atoms with van der Waals surface area (Å²) in [4.78, 5) is 0. The molecule has 2 aromatic rings. The zero-order valence-corrected chi connectivity index (χ0v) is 9.18. The number of nitrogens with zero attached hydrogens (tertiary/aromatic N) is 2. The highest BCUT2D eigenvalue weighted by molar-refractivity contribution is 9.11. The molecule has 1 heterocycles. The van der Waals surface area contributed by atoms with Crippen LogP contribution in [0.25, 0.3) is 0 Å². The van der Waals surface area contributed by atoms with Gasteiger partial charge in [-0.3, -0.25) is 0 Å². The minimum Gasteiger partial charge on any atom is -0.430 e. The molecule has 0 unspecified atom stereocenters. The van der Waals surface area contributed by atoms with Crippen LogP contribution in [0, 0.1) is 5.82 Å². The summed E-state index contributed by atoms with van der Waals surface area (Å²) in [5.41, 5.74) is 0. The number of hydrogen-bond acceptors (Lipinski definition) is 4. The Morgan fingerprint density at radius 1 is 1.36 bits per heavy atom. The van der Waals surface area contributed by atoms with Crippen molar-refractivity contribution in [2.45, 2.75) is 0 Å². The van der Waals surface area contributed by atoms with E-state index in [9.17, 15) is 4.39 Å². The van der Waals surface area contributed by atoms with Crippen molar-refractivity contribution in [2.24, 2.45) is 0 Å². The Bertz CT molecular complexity index is 448. The Morgan fingerprint density at radius 2 is 2.21 bits per heavy atom. The van der Waals surface area contributed by atoms with Gasteiger partial charge in [0.25, 0.3) is 5.19 Å². The van der Waals surface area contributed by atoms with Crippen LogP contribution in [-0.2, 0) is 0 Å². The molecule has 14 heavy (non-hydrogen) atoms. The summed E-state index contributed by atoms with van der Waals surface area (Å²) in [5, 5.41) is 7.80. The van der Waals surface area contributed by atoms with E-state index in [-0.39, 0.29) is 5.82 Å². The SMILES string of the molecule is Fc1cccc(Oc2nnc(Br)s2)c1. The van der Waals surface area contributed by atoms with E-state index >= 15 is 0 Å². The number of rotatable bonds is 2. The Morgan fingerprint density at radius 3 is 2.86 bits per heavy atom. The minimum absolute atomic E-state index is 0.342. The second-order valence-corrected chi connectivity index (χ2v) is 4.60. The van der Waals surface area contributed by atoms with Crippen LogP contribution in [0.1, 0.15) is 0 Å². The molecule has 6 heteroatoms. The van der Waals surface area contributed by atoms with E-state index in [0.29, 0.717) is 14.9 Å². The molecule has 0 atom stereocenters.